The van der Waals surface area contributed by atoms with Crippen molar-refractivity contribution in [2.24, 2.45) is 17.9 Å². The molecule has 2 aliphatic heterocycles. The lowest BCUT2D eigenvalue weighted by molar-refractivity contribution is -0.228. The molecule has 2 fully saturated rings. The Kier molecular flexibility index (Phi) is 4.39. The van der Waals surface area contributed by atoms with Crippen LogP contribution in [-0.4, -0.2) is 46.9 Å². The van der Waals surface area contributed by atoms with E-state index in [4.69, 9.17) is 14.5 Å². The lowest BCUT2D eigenvalue weighted by Gasteiger charge is -2.47. The minimum Gasteiger partial charge on any atom is -0.369 e. The van der Waals surface area contributed by atoms with E-state index in [9.17, 15) is 0 Å². The number of ether oxygens (including phenoxy) is 2. The lowest BCUT2D eigenvalue weighted by Crippen LogP contribution is -2.53. The predicted octanol–water partition coefficient (Wildman–Crippen LogP) is 3.44. The van der Waals surface area contributed by atoms with Gasteiger partial charge in [-0.25, -0.2) is 0 Å². The number of aromatic nitrogens is 3. The first kappa shape index (κ1) is 18.6. The van der Waals surface area contributed by atoms with E-state index in [1.807, 2.05) is 6.20 Å². The van der Waals surface area contributed by atoms with Gasteiger partial charge >= 0.3 is 0 Å². The monoisotopic (exact) mass is 372 g/mol. The Bertz CT molecular complexity index is 815. The lowest BCUT2D eigenvalue weighted by atomic mass is 9.84. The van der Waals surface area contributed by atoms with E-state index in [0.717, 1.165) is 37.7 Å². The molecule has 4 rings (SSSR count). The second-order valence-electron chi connectivity index (χ2n) is 9.76. The third kappa shape index (κ3) is 3.65. The van der Waals surface area contributed by atoms with Gasteiger partial charge in [0.15, 0.2) is 6.29 Å². The third-order valence-electron chi connectivity index (χ3n) is 5.57. The molecular weight excluding hydrogens is 340 g/mol. The van der Waals surface area contributed by atoms with Crippen molar-refractivity contribution in [1.29, 1.82) is 0 Å². The molecule has 0 amide bonds. The summed E-state index contributed by atoms with van der Waals surface area (Å²) in [5.74, 6) is 0. The van der Waals surface area contributed by atoms with Crippen LogP contribution in [0.25, 0.3) is 11.4 Å². The number of pyridine rings is 1. The summed E-state index contributed by atoms with van der Waals surface area (Å²) in [6, 6.07) is 2.25. The number of rotatable bonds is 4. The smallest absolute Gasteiger partial charge is 0.176 e. The molecule has 2 aromatic heterocycles. The average molecular weight is 373 g/mol. The summed E-state index contributed by atoms with van der Waals surface area (Å²) >= 11 is 0. The molecule has 27 heavy (non-hydrogen) atoms. The van der Waals surface area contributed by atoms with Crippen LogP contribution in [0.2, 0.25) is 0 Å². The summed E-state index contributed by atoms with van der Waals surface area (Å²) in [5.41, 5.74) is 5.14. The minimum absolute atomic E-state index is 0.104. The molecule has 148 valence electrons. The maximum absolute atomic E-state index is 5.85. The second kappa shape index (κ2) is 6.38. The van der Waals surface area contributed by atoms with Crippen LogP contribution in [-0.2, 0) is 23.1 Å². The van der Waals surface area contributed by atoms with Crippen LogP contribution >= 0.6 is 0 Å². The first-order valence-corrected chi connectivity index (χ1v) is 9.81. The first-order chi connectivity index (χ1) is 12.6. The number of nitrogens with zero attached hydrogens (tertiary/aromatic N) is 4. The molecule has 0 bridgehead atoms. The normalized spacial score (nSPS) is 22.1. The number of hydrogen-bond acceptors (Lipinski definition) is 4. The van der Waals surface area contributed by atoms with Gasteiger partial charge in [-0.1, -0.05) is 27.7 Å². The summed E-state index contributed by atoms with van der Waals surface area (Å²) in [6.07, 6.45) is 3.96. The molecule has 2 saturated heterocycles. The fraction of sp³-hybridized carbons (Fsp3) is 0.667. The molecule has 0 N–H and O–H groups in total. The molecule has 2 aliphatic rings. The van der Waals surface area contributed by atoms with Crippen molar-refractivity contribution in [3.63, 3.8) is 0 Å². The van der Waals surface area contributed by atoms with E-state index in [1.165, 1.54) is 11.3 Å². The van der Waals surface area contributed by atoms with Gasteiger partial charge in [-0.15, -0.1) is 0 Å². The molecule has 2 aromatic rings. The van der Waals surface area contributed by atoms with E-state index < -0.39 is 0 Å². The number of aryl methyl sites for hydroxylation is 1. The molecular formula is C21H32N4O2. The Morgan fingerprint density at radius 2 is 1.78 bits per heavy atom. The molecule has 0 aromatic carbocycles. The van der Waals surface area contributed by atoms with Crippen molar-refractivity contribution < 1.29 is 9.47 Å². The predicted molar refractivity (Wildman–Crippen MR) is 107 cm³/mol. The van der Waals surface area contributed by atoms with Gasteiger partial charge in [0.25, 0.3) is 0 Å². The van der Waals surface area contributed by atoms with Crippen molar-refractivity contribution in [2.75, 3.05) is 31.2 Å². The van der Waals surface area contributed by atoms with Crippen LogP contribution in [0.4, 0.5) is 5.69 Å². The van der Waals surface area contributed by atoms with E-state index in [2.05, 4.69) is 68.2 Å². The largest absolute Gasteiger partial charge is 0.369 e. The van der Waals surface area contributed by atoms with Crippen molar-refractivity contribution >= 4 is 5.69 Å². The highest BCUT2D eigenvalue weighted by molar-refractivity contribution is 5.63. The molecule has 0 radical (unpaired) electrons. The minimum atomic E-state index is -0.176. The van der Waals surface area contributed by atoms with Crippen molar-refractivity contribution in [3.8, 4) is 11.4 Å². The molecule has 0 aliphatic carbocycles. The average Bonchev–Trinajstić information content (AvgIpc) is 2.57. The second-order valence-corrected chi connectivity index (χ2v) is 9.76. The van der Waals surface area contributed by atoms with E-state index in [1.54, 1.807) is 0 Å². The van der Waals surface area contributed by atoms with E-state index in [0.29, 0.717) is 12.0 Å². The Morgan fingerprint density at radius 3 is 2.33 bits per heavy atom. The van der Waals surface area contributed by atoms with Gasteiger partial charge in [-0.2, -0.15) is 0 Å². The van der Waals surface area contributed by atoms with Crippen LogP contribution in [0.3, 0.4) is 0 Å². The number of anilines is 1. The maximum Gasteiger partial charge on any atom is 0.176 e. The fourth-order valence-corrected chi connectivity index (χ4v) is 3.94. The molecule has 0 spiro atoms. The van der Waals surface area contributed by atoms with Crippen LogP contribution < -0.4 is 4.90 Å². The Labute approximate surface area is 162 Å². The molecule has 4 heterocycles. The van der Waals surface area contributed by atoms with Crippen molar-refractivity contribution in [3.05, 3.63) is 24.0 Å². The van der Waals surface area contributed by atoms with Crippen LogP contribution in [0, 0.1) is 17.8 Å². The van der Waals surface area contributed by atoms with Crippen LogP contribution in [0.5, 0.6) is 0 Å². The van der Waals surface area contributed by atoms with Crippen LogP contribution in [0.1, 0.15) is 33.3 Å². The van der Waals surface area contributed by atoms with Crippen molar-refractivity contribution in [2.45, 2.75) is 47.5 Å². The van der Waals surface area contributed by atoms with Crippen molar-refractivity contribution in [1.82, 2.24) is 14.3 Å². The fourth-order valence-electron chi connectivity index (χ4n) is 3.94. The highest BCUT2D eigenvalue weighted by Crippen LogP contribution is 2.35. The Morgan fingerprint density at radius 1 is 1.11 bits per heavy atom. The van der Waals surface area contributed by atoms with Gasteiger partial charge in [-0.05, 0) is 24.0 Å². The quantitative estimate of drug-likeness (QED) is 0.825. The highest BCUT2D eigenvalue weighted by atomic mass is 16.7. The Balaban J connectivity index is 1.42. The zero-order valence-electron chi connectivity index (χ0n) is 17.5. The Hall–Kier alpha value is -1.79. The maximum atomic E-state index is 5.85. The van der Waals surface area contributed by atoms with E-state index in [-0.39, 0.29) is 11.7 Å². The van der Waals surface area contributed by atoms with Gasteiger partial charge in [-0.3, -0.25) is 14.3 Å². The zero-order valence-corrected chi connectivity index (χ0v) is 17.5. The zero-order chi connectivity index (χ0) is 19.4. The molecule has 6 heteroatoms. The summed E-state index contributed by atoms with van der Waals surface area (Å²) in [6.45, 7) is 15.5. The van der Waals surface area contributed by atoms with Gasteiger partial charge in [0, 0.05) is 31.7 Å². The van der Waals surface area contributed by atoms with E-state index >= 15 is 0 Å². The first-order valence-electron chi connectivity index (χ1n) is 9.81. The topological polar surface area (TPSA) is 44.5 Å². The van der Waals surface area contributed by atoms with Gasteiger partial charge in [0.05, 0.1) is 37.3 Å². The molecule has 0 unspecified atom stereocenters. The standard InChI is InChI=1S/C21H32N4O2/c1-15-7-16(24-11-20(2,3)12-24)8-22-19(15)17-9-25(23(17)6)10-18-26-13-21(4,5)14-27-18/h7-9,18H,10-14H2,1-6H3. The number of hydrogen-bond donors (Lipinski definition) is 0. The summed E-state index contributed by atoms with van der Waals surface area (Å²) in [5, 5.41) is 0. The summed E-state index contributed by atoms with van der Waals surface area (Å²) in [4.78, 5) is 7.16. The molecule has 6 nitrogen and oxygen atoms in total. The summed E-state index contributed by atoms with van der Waals surface area (Å²) in [7, 11) is 2.06. The highest BCUT2D eigenvalue weighted by Gasteiger charge is 2.34. The van der Waals surface area contributed by atoms with Gasteiger partial charge in [0.1, 0.15) is 5.69 Å². The van der Waals surface area contributed by atoms with Gasteiger partial charge in [0.2, 0.25) is 0 Å². The van der Waals surface area contributed by atoms with Gasteiger partial charge < -0.3 is 14.4 Å². The van der Waals surface area contributed by atoms with Crippen LogP contribution in [0.15, 0.2) is 18.5 Å². The molecule has 0 atom stereocenters. The SMILES string of the molecule is Cc1cc(N2CC(C)(C)C2)cnc1-c1cn(CC2OCC(C)(C)CO2)n1C. The molecule has 0 saturated carbocycles. The third-order valence-corrected chi connectivity index (χ3v) is 5.57. The summed E-state index contributed by atoms with van der Waals surface area (Å²) < 4.78 is 16.0.